The number of H-pyrrole nitrogens is 2. The van der Waals surface area contributed by atoms with E-state index < -0.39 is 11.2 Å². The number of hydrogen-bond acceptors (Lipinski definition) is 5. The number of carbonyl (C=O) groups is 1. The zero-order chi connectivity index (χ0) is 17.8. The molecule has 9 heteroatoms. The average Bonchev–Trinajstić information content (AvgIpc) is 2.91. The normalized spacial score (nSPS) is 11.2. The summed E-state index contributed by atoms with van der Waals surface area (Å²) in [6.45, 7) is 0. The summed E-state index contributed by atoms with van der Waals surface area (Å²) in [4.78, 5) is 36.2. The molecule has 3 rings (SSSR count). The molecule has 0 atom stereocenters. The summed E-state index contributed by atoms with van der Waals surface area (Å²) in [5, 5.41) is 10.7. The van der Waals surface area contributed by atoms with Crippen molar-refractivity contribution >= 4 is 23.0 Å². The number of carbonyl (C=O) groups excluding carboxylic acids is 1. The van der Waals surface area contributed by atoms with Crippen LogP contribution in [0.3, 0.4) is 0 Å². The number of hydrazone groups is 1. The van der Waals surface area contributed by atoms with Crippen molar-refractivity contribution in [1.29, 1.82) is 0 Å². The molecule has 0 bridgehead atoms. The molecule has 1 aromatic carbocycles. The monoisotopic (exact) mass is 340 g/mol. The van der Waals surface area contributed by atoms with Gasteiger partial charge >= 0.3 is 5.69 Å². The Kier molecular flexibility index (Phi) is 4.55. The molecular formula is C16H16N6O3. The van der Waals surface area contributed by atoms with Crippen LogP contribution in [0.25, 0.3) is 10.9 Å². The highest BCUT2D eigenvalue weighted by atomic mass is 16.2. The molecule has 3 aromatic rings. The number of amides is 1. The Morgan fingerprint density at radius 2 is 2.16 bits per heavy atom. The number of rotatable bonds is 5. The molecule has 128 valence electrons. The van der Waals surface area contributed by atoms with Gasteiger partial charge in [-0.1, -0.05) is 18.2 Å². The molecule has 0 saturated heterocycles. The lowest BCUT2D eigenvalue weighted by Gasteiger charge is -1.99. The molecule has 0 aliphatic heterocycles. The van der Waals surface area contributed by atoms with Crippen molar-refractivity contribution < 1.29 is 4.79 Å². The van der Waals surface area contributed by atoms with Crippen molar-refractivity contribution in [1.82, 2.24) is 25.2 Å². The molecule has 0 fully saturated rings. The van der Waals surface area contributed by atoms with E-state index >= 15 is 0 Å². The van der Waals surface area contributed by atoms with Gasteiger partial charge in [0.05, 0.1) is 6.21 Å². The Bertz CT molecular complexity index is 1060. The lowest BCUT2D eigenvalue weighted by atomic mass is 10.2. The summed E-state index contributed by atoms with van der Waals surface area (Å²) in [5.41, 5.74) is 3.18. The van der Waals surface area contributed by atoms with E-state index in [-0.39, 0.29) is 24.4 Å². The van der Waals surface area contributed by atoms with Crippen LogP contribution in [0, 0.1) is 0 Å². The first-order valence-electron chi connectivity index (χ1n) is 7.58. The van der Waals surface area contributed by atoms with Crippen LogP contribution >= 0.6 is 0 Å². The van der Waals surface area contributed by atoms with Crippen molar-refractivity contribution in [3.63, 3.8) is 0 Å². The van der Waals surface area contributed by atoms with Gasteiger partial charge in [0.25, 0.3) is 5.56 Å². The molecule has 2 heterocycles. The van der Waals surface area contributed by atoms with Gasteiger partial charge in [0.2, 0.25) is 5.91 Å². The van der Waals surface area contributed by atoms with Crippen LogP contribution in [0.15, 0.2) is 45.2 Å². The van der Waals surface area contributed by atoms with Crippen LogP contribution in [-0.2, 0) is 18.3 Å². The lowest BCUT2D eigenvalue weighted by Crippen LogP contribution is -2.28. The van der Waals surface area contributed by atoms with Crippen LogP contribution in [-0.4, -0.2) is 31.9 Å². The third kappa shape index (κ3) is 3.71. The highest BCUT2D eigenvalue weighted by molar-refractivity contribution is 5.99. The number of nitrogens with zero attached hydrogens (tertiary/aromatic N) is 3. The third-order valence-electron chi connectivity index (χ3n) is 3.69. The molecule has 9 nitrogen and oxygen atoms in total. The standard InChI is InChI=1S/C16H16N6O3/c1-22-9-10(11-4-2-3-5-13(11)22)8-17-20-14(23)7-6-12-15(24)18-16(25)21-19-12/h2-5,8-9H,6-7H2,1H3,(H,20,23)(H2,18,21,24,25)/b17-8+. The SMILES string of the molecule is Cn1cc(/C=N/NC(=O)CCc2n[nH]c(=O)[nH]c2=O)c2ccccc21. The summed E-state index contributed by atoms with van der Waals surface area (Å²) in [6, 6.07) is 7.87. The Morgan fingerprint density at radius 3 is 2.96 bits per heavy atom. The van der Waals surface area contributed by atoms with Gasteiger partial charge in [-0.3, -0.25) is 14.6 Å². The second-order valence-electron chi connectivity index (χ2n) is 5.46. The summed E-state index contributed by atoms with van der Waals surface area (Å²) in [7, 11) is 1.94. The maximum atomic E-state index is 11.8. The first kappa shape index (κ1) is 16.4. The predicted molar refractivity (Wildman–Crippen MR) is 92.5 cm³/mol. The topological polar surface area (TPSA) is 125 Å². The van der Waals surface area contributed by atoms with Gasteiger partial charge in [-0.05, 0) is 6.07 Å². The Hall–Kier alpha value is -3.49. The van der Waals surface area contributed by atoms with Crippen LogP contribution in [0.5, 0.6) is 0 Å². The molecule has 0 radical (unpaired) electrons. The number of hydrogen-bond donors (Lipinski definition) is 3. The number of benzene rings is 1. The second-order valence-corrected chi connectivity index (χ2v) is 5.46. The van der Waals surface area contributed by atoms with Crippen LogP contribution < -0.4 is 16.7 Å². The Balaban J connectivity index is 1.61. The molecular weight excluding hydrogens is 324 g/mol. The van der Waals surface area contributed by atoms with Crippen molar-refractivity contribution in [2.45, 2.75) is 12.8 Å². The number of para-hydroxylation sites is 1. The van der Waals surface area contributed by atoms with Gasteiger partial charge in [-0.15, -0.1) is 0 Å². The minimum Gasteiger partial charge on any atom is -0.350 e. The molecule has 0 aliphatic rings. The maximum absolute atomic E-state index is 11.8. The fourth-order valence-electron chi connectivity index (χ4n) is 2.48. The van der Waals surface area contributed by atoms with E-state index in [9.17, 15) is 14.4 Å². The number of aromatic nitrogens is 4. The van der Waals surface area contributed by atoms with Crippen LogP contribution in [0.2, 0.25) is 0 Å². The van der Waals surface area contributed by atoms with Gasteiger partial charge < -0.3 is 4.57 Å². The molecule has 0 unspecified atom stereocenters. The molecule has 25 heavy (non-hydrogen) atoms. The van der Waals surface area contributed by atoms with E-state index in [2.05, 4.69) is 25.7 Å². The zero-order valence-electron chi connectivity index (χ0n) is 13.4. The van der Waals surface area contributed by atoms with Crippen molar-refractivity contribution in [3.05, 3.63) is 62.6 Å². The molecule has 0 spiro atoms. The van der Waals surface area contributed by atoms with Gasteiger partial charge in [-0.2, -0.15) is 10.2 Å². The zero-order valence-corrected chi connectivity index (χ0v) is 13.4. The summed E-state index contributed by atoms with van der Waals surface area (Å²) in [6.07, 6.45) is 3.62. The molecule has 1 amide bonds. The van der Waals surface area contributed by atoms with E-state index in [4.69, 9.17) is 0 Å². The lowest BCUT2D eigenvalue weighted by molar-refractivity contribution is -0.121. The maximum Gasteiger partial charge on any atom is 0.342 e. The van der Waals surface area contributed by atoms with Gasteiger partial charge in [0, 0.05) is 42.6 Å². The van der Waals surface area contributed by atoms with E-state index in [0.29, 0.717) is 0 Å². The van der Waals surface area contributed by atoms with Gasteiger partial charge in [0.1, 0.15) is 5.69 Å². The molecule has 3 N–H and O–H groups in total. The van der Waals surface area contributed by atoms with Crippen molar-refractivity contribution in [2.24, 2.45) is 12.1 Å². The fraction of sp³-hybridized carbons (Fsp3) is 0.188. The largest absolute Gasteiger partial charge is 0.350 e. The minimum absolute atomic E-state index is 0.0228. The summed E-state index contributed by atoms with van der Waals surface area (Å²) in [5.74, 6) is -0.358. The highest BCUT2D eigenvalue weighted by Gasteiger charge is 2.07. The van der Waals surface area contributed by atoms with Crippen molar-refractivity contribution in [3.8, 4) is 0 Å². The minimum atomic E-state index is -0.683. The predicted octanol–water partition coefficient (Wildman–Crippen LogP) is 0.0328. The van der Waals surface area contributed by atoms with E-state index in [1.165, 1.54) is 0 Å². The van der Waals surface area contributed by atoms with E-state index in [1.807, 2.05) is 42.1 Å². The third-order valence-corrected chi connectivity index (χ3v) is 3.69. The van der Waals surface area contributed by atoms with Crippen LogP contribution in [0.4, 0.5) is 0 Å². The van der Waals surface area contributed by atoms with E-state index in [1.54, 1.807) is 6.21 Å². The second kappa shape index (κ2) is 6.95. The van der Waals surface area contributed by atoms with Crippen LogP contribution in [0.1, 0.15) is 17.7 Å². The summed E-state index contributed by atoms with van der Waals surface area (Å²) >= 11 is 0. The Labute approximate surface area is 141 Å². The van der Waals surface area contributed by atoms with Gasteiger partial charge in [0.15, 0.2) is 0 Å². The number of fused-ring (bicyclic) bond motifs is 1. The highest BCUT2D eigenvalue weighted by Crippen LogP contribution is 2.18. The Morgan fingerprint density at radius 1 is 1.36 bits per heavy atom. The number of nitrogens with one attached hydrogen (secondary N) is 3. The fourth-order valence-corrected chi connectivity index (χ4v) is 2.48. The van der Waals surface area contributed by atoms with Crippen molar-refractivity contribution in [2.75, 3.05) is 0 Å². The summed E-state index contributed by atoms with van der Waals surface area (Å²) < 4.78 is 1.98. The van der Waals surface area contributed by atoms with E-state index in [0.717, 1.165) is 16.5 Å². The quantitative estimate of drug-likeness (QED) is 0.448. The molecule has 0 aliphatic carbocycles. The smallest absolute Gasteiger partial charge is 0.342 e. The molecule has 2 aromatic heterocycles. The number of aromatic amines is 2. The first-order valence-corrected chi connectivity index (χ1v) is 7.58. The number of aryl methyl sites for hydroxylation is 2. The first-order chi connectivity index (χ1) is 12.0. The molecule has 0 saturated carbocycles. The average molecular weight is 340 g/mol. The van der Waals surface area contributed by atoms with Gasteiger partial charge in [-0.25, -0.2) is 15.3 Å².